The van der Waals surface area contributed by atoms with Gasteiger partial charge in [0.25, 0.3) is 0 Å². The molecule has 3 heteroatoms. The summed E-state index contributed by atoms with van der Waals surface area (Å²) in [6.07, 6.45) is 1.66. The maximum Gasteiger partial charge on any atom is 0.217 e. The highest BCUT2D eigenvalue weighted by atomic mass is 16.5. The molecule has 0 radical (unpaired) electrons. The van der Waals surface area contributed by atoms with Gasteiger partial charge in [0.15, 0.2) is 6.61 Å². The average Bonchev–Trinajstić information content (AvgIpc) is 2.05. The van der Waals surface area contributed by atoms with Crippen LogP contribution in [0.4, 0.5) is 0 Å². The number of hydrogen-bond acceptors (Lipinski definition) is 3. The van der Waals surface area contributed by atoms with Crippen LogP contribution >= 0.6 is 0 Å². The molecule has 0 fully saturated rings. The molecule has 0 saturated heterocycles. The summed E-state index contributed by atoms with van der Waals surface area (Å²) >= 11 is 0. The van der Waals surface area contributed by atoms with Gasteiger partial charge in [-0.15, -0.1) is 5.92 Å². The van der Waals surface area contributed by atoms with Gasteiger partial charge >= 0.3 is 0 Å². The lowest BCUT2D eigenvalue weighted by atomic mass is 10.6. The number of ether oxygens (including phenoxy) is 1. The van der Waals surface area contributed by atoms with Gasteiger partial charge in [-0.1, -0.05) is 5.92 Å². The zero-order valence-corrected chi connectivity index (χ0v) is 7.16. The van der Waals surface area contributed by atoms with Crippen LogP contribution in [0.5, 0.6) is 5.88 Å². The molecule has 0 amide bonds. The highest BCUT2D eigenvalue weighted by molar-refractivity contribution is 5.09. The molecule has 0 spiro atoms. The summed E-state index contributed by atoms with van der Waals surface area (Å²) in [5, 5.41) is 0. The first kappa shape index (κ1) is 8.54. The SMILES string of the molecule is CC#CCOc1ccnc(C)n1. The Labute approximate surface area is 71.8 Å². The van der Waals surface area contributed by atoms with Gasteiger partial charge in [0, 0.05) is 12.3 Å². The van der Waals surface area contributed by atoms with Crippen LogP contribution in [-0.2, 0) is 0 Å². The van der Waals surface area contributed by atoms with E-state index >= 15 is 0 Å². The Balaban J connectivity index is 2.55. The van der Waals surface area contributed by atoms with E-state index in [1.165, 1.54) is 0 Å². The van der Waals surface area contributed by atoms with E-state index in [0.29, 0.717) is 18.3 Å². The predicted molar refractivity (Wildman–Crippen MR) is 45.7 cm³/mol. The van der Waals surface area contributed by atoms with Gasteiger partial charge in [0.05, 0.1) is 0 Å². The molecule has 0 aliphatic rings. The molecular formula is C9H10N2O. The van der Waals surface area contributed by atoms with Crippen LogP contribution in [-0.4, -0.2) is 16.6 Å². The molecule has 1 aromatic heterocycles. The van der Waals surface area contributed by atoms with Crippen molar-refractivity contribution in [2.45, 2.75) is 13.8 Å². The maximum atomic E-state index is 5.20. The average molecular weight is 162 g/mol. The van der Waals surface area contributed by atoms with Crippen molar-refractivity contribution in [2.75, 3.05) is 6.61 Å². The zero-order chi connectivity index (χ0) is 8.81. The fourth-order valence-electron chi connectivity index (χ4n) is 0.697. The Kier molecular flexibility index (Phi) is 3.09. The molecule has 12 heavy (non-hydrogen) atoms. The van der Waals surface area contributed by atoms with Crippen LogP contribution < -0.4 is 4.74 Å². The molecule has 0 atom stereocenters. The molecule has 0 aliphatic heterocycles. The summed E-state index contributed by atoms with van der Waals surface area (Å²) < 4.78 is 5.20. The Hall–Kier alpha value is -1.56. The Bertz CT molecular complexity index is 312. The van der Waals surface area contributed by atoms with E-state index < -0.39 is 0 Å². The lowest BCUT2D eigenvalue weighted by Crippen LogP contribution is -1.97. The fraction of sp³-hybridized carbons (Fsp3) is 0.333. The largest absolute Gasteiger partial charge is 0.464 e. The molecule has 0 unspecified atom stereocenters. The third-order valence-electron chi connectivity index (χ3n) is 1.22. The molecule has 1 rings (SSSR count). The van der Waals surface area contributed by atoms with E-state index in [9.17, 15) is 0 Å². The van der Waals surface area contributed by atoms with E-state index in [2.05, 4.69) is 21.8 Å². The van der Waals surface area contributed by atoms with Crippen LogP contribution in [0.3, 0.4) is 0 Å². The molecule has 0 N–H and O–H groups in total. The van der Waals surface area contributed by atoms with Crippen molar-refractivity contribution in [1.82, 2.24) is 9.97 Å². The molecule has 3 nitrogen and oxygen atoms in total. The fourth-order valence-corrected chi connectivity index (χ4v) is 0.697. The van der Waals surface area contributed by atoms with Gasteiger partial charge in [0.1, 0.15) is 5.82 Å². The number of aryl methyl sites for hydroxylation is 1. The normalized spacial score (nSPS) is 8.50. The Morgan fingerprint density at radius 2 is 2.42 bits per heavy atom. The molecule has 0 aromatic carbocycles. The first-order chi connectivity index (χ1) is 5.83. The van der Waals surface area contributed by atoms with Crippen LogP contribution in [0.25, 0.3) is 0 Å². The van der Waals surface area contributed by atoms with Crippen LogP contribution in [0.2, 0.25) is 0 Å². The summed E-state index contributed by atoms with van der Waals surface area (Å²) in [7, 11) is 0. The van der Waals surface area contributed by atoms with Crippen molar-refractivity contribution in [3.05, 3.63) is 18.1 Å². The zero-order valence-electron chi connectivity index (χ0n) is 7.16. The molecule has 62 valence electrons. The molecule has 1 heterocycles. The lowest BCUT2D eigenvalue weighted by Gasteiger charge is -1.99. The van der Waals surface area contributed by atoms with Crippen molar-refractivity contribution in [3.63, 3.8) is 0 Å². The summed E-state index contributed by atoms with van der Waals surface area (Å²) in [5.74, 6) is 6.80. The van der Waals surface area contributed by atoms with E-state index in [4.69, 9.17) is 4.74 Å². The Morgan fingerprint density at radius 3 is 3.08 bits per heavy atom. The van der Waals surface area contributed by atoms with E-state index in [1.54, 1.807) is 19.2 Å². The summed E-state index contributed by atoms with van der Waals surface area (Å²) in [4.78, 5) is 7.98. The van der Waals surface area contributed by atoms with Crippen molar-refractivity contribution < 1.29 is 4.74 Å². The van der Waals surface area contributed by atoms with Gasteiger partial charge in [-0.25, -0.2) is 4.98 Å². The molecule has 0 aliphatic carbocycles. The molecule has 0 saturated carbocycles. The van der Waals surface area contributed by atoms with E-state index in [-0.39, 0.29) is 0 Å². The van der Waals surface area contributed by atoms with E-state index in [0.717, 1.165) is 0 Å². The van der Waals surface area contributed by atoms with E-state index in [1.807, 2.05) is 6.92 Å². The minimum absolute atomic E-state index is 0.382. The standard InChI is InChI=1S/C9H10N2O/c1-3-4-7-12-9-5-6-10-8(2)11-9/h5-6H,7H2,1-2H3. The first-order valence-electron chi connectivity index (χ1n) is 3.65. The van der Waals surface area contributed by atoms with Crippen LogP contribution in [0.15, 0.2) is 12.3 Å². The topological polar surface area (TPSA) is 35.0 Å². The van der Waals surface area contributed by atoms with Crippen molar-refractivity contribution in [2.24, 2.45) is 0 Å². The minimum Gasteiger partial charge on any atom is -0.464 e. The van der Waals surface area contributed by atoms with Crippen molar-refractivity contribution in [1.29, 1.82) is 0 Å². The highest BCUT2D eigenvalue weighted by Gasteiger charge is 1.92. The second-order valence-electron chi connectivity index (χ2n) is 2.16. The smallest absolute Gasteiger partial charge is 0.217 e. The summed E-state index contributed by atoms with van der Waals surface area (Å²) in [6, 6.07) is 1.71. The number of aromatic nitrogens is 2. The first-order valence-corrected chi connectivity index (χ1v) is 3.65. The minimum atomic E-state index is 0.382. The summed E-state index contributed by atoms with van der Waals surface area (Å²) in [5.41, 5.74) is 0. The van der Waals surface area contributed by atoms with Gasteiger partial charge < -0.3 is 4.74 Å². The van der Waals surface area contributed by atoms with Gasteiger partial charge in [-0.05, 0) is 13.8 Å². The highest BCUT2D eigenvalue weighted by Crippen LogP contribution is 2.03. The Morgan fingerprint density at radius 1 is 1.58 bits per heavy atom. The van der Waals surface area contributed by atoms with Gasteiger partial charge in [-0.2, -0.15) is 4.98 Å². The van der Waals surface area contributed by atoms with Crippen LogP contribution in [0, 0.1) is 18.8 Å². The number of nitrogens with zero attached hydrogens (tertiary/aromatic N) is 2. The molecule has 1 aromatic rings. The molecule has 0 bridgehead atoms. The predicted octanol–water partition coefficient (Wildman–Crippen LogP) is 1.19. The monoisotopic (exact) mass is 162 g/mol. The number of rotatable bonds is 2. The second kappa shape index (κ2) is 4.35. The summed E-state index contributed by atoms with van der Waals surface area (Å²) in [6.45, 7) is 3.97. The van der Waals surface area contributed by atoms with Crippen LogP contribution in [0.1, 0.15) is 12.7 Å². The quantitative estimate of drug-likeness (QED) is 0.612. The lowest BCUT2D eigenvalue weighted by molar-refractivity contribution is 0.353. The maximum absolute atomic E-state index is 5.20. The van der Waals surface area contributed by atoms with Crippen molar-refractivity contribution >= 4 is 0 Å². The van der Waals surface area contributed by atoms with Crippen molar-refractivity contribution in [3.8, 4) is 17.7 Å². The van der Waals surface area contributed by atoms with Gasteiger partial charge in [0.2, 0.25) is 5.88 Å². The number of hydrogen-bond donors (Lipinski definition) is 0. The second-order valence-corrected chi connectivity index (χ2v) is 2.16. The third-order valence-corrected chi connectivity index (χ3v) is 1.22. The van der Waals surface area contributed by atoms with Gasteiger partial charge in [-0.3, -0.25) is 0 Å². The third kappa shape index (κ3) is 2.59. The molecular weight excluding hydrogens is 152 g/mol.